The number of halogens is 1. The van der Waals surface area contributed by atoms with Crippen LogP contribution in [0.2, 0.25) is 0 Å². The third kappa shape index (κ3) is 14.7. The van der Waals surface area contributed by atoms with Gasteiger partial charge in [0.2, 0.25) is 11.8 Å². The molecule has 0 heterocycles. The molecule has 2 aromatic rings. The summed E-state index contributed by atoms with van der Waals surface area (Å²) in [5.41, 5.74) is 4.30. The van der Waals surface area contributed by atoms with Gasteiger partial charge >= 0.3 is 35.5 Å². The minimum Gasteiger partial charge on any atom is -0.467 e. The third-order valence-electron chi connectivity index (χ3n) is 6.79. The van der Waals surface area contributed by atoms with Gasteiger partial charge in [0.15, 0.2) is 6.03 Å². The molecule has 0 saturated heterocycles. The molecule has 3 atom stereocenters. The number of aryl methyl sites for hydroxylation is 1. The van der Waals surface area contributed by atoms with Gasteiger partial charge in [0.25, 0.3) is 0 Å². The van der Waals surface area contributed by atoms with Crippen molar-refractivity contribution >= 4 is 42.1 Å². The van der Waals surface area contributed by atoms with Crippen LogP contribution in [0.5, 0.6) is 0 Å². The second kappa shape index (κ2) is 21.7. The van der Waals surface area contributed by atoms with Crippen molar-refractivity contribution in [3.63, 3.8) is 0 Å². The molecule has 0 fully saturated rings. The monoisotopic (exact) mass is 640 g/mol. The van der Waals surface area contributed by atoms with E-state index < -0.39 is 47.6 Å². The van der Waals surface area contributed by atoms with Gasteiger partial charge in [0.05, 0.1) is 13.0 Å². The first-order valence-corrected chi connectivity index (χ1v) is 14.0. The Morgan fingerprint density at radius 1 is 0.886 bits per heavy atom. The van der Waals surface area contributed by atoms with Crippen molar-refractivity contribution in [1.29, 1.82) is 0 Å². The van der Waals surface area contributed by atoms with E-state index in [9.17, 15) is 29.2 Å². The normalized spacial score (nSPS) is 12.3. The zero-order valence-corrected chi connectivity index (χ0v) is 28.8. The van der Waals surface area contributed by atoms with Crippen LogP contribution in [-0.2, 0) is 43.3 Å². The molecule has 0 aliphatic heterocycles. The molecule has 0 aliphatic carbocycles. The summed E-state index contributed by atoms with van der Waals surface area (Å²) in [6.45, 7) is 5.22. The molecule has 2 rings (SSSR count). The van der Waals surface area contributed by atoms with Crippen LogP contribution < -0.4 is 45.7 Å². The van der Waals surface area contributed by atoms with Gasteiger partial charge in [0, 0.05) is 12.3 Å². The first-order chi connectivity index (χ1) is 20.0. The Morgan fingerprint density at radius 2 is 1.50 bits per heavy atom. The van der Waals surface area contributed by atoms with Crippen LogP contribution >= 0.6 is 12.4 Å². The van der Waals surface area contributed by atoms with E-state index in [0.29, 0.717) is 25.7 Å². The Labute approximate surface area is 287 Å². The summed E-state index contributed by atoms with van der Waals surface area (Å²) >= 11 is 0. The molecule has 0 bridgehead atoms. The Morgan fingerprint density at radius 3 is 2.05 bits per heavy atom. The number of carbonyl (C=O) groups excluding carboxylic acids is 5. The number of rotatable bonds is 15. The number of nitrogens with zero attached hydrogens (tertiary/aromatic N) is 1. The van der Waals surface area contributed by atoms with Gasteiger partial charge in [-0.1, -0.05) is 68.4 Å². The predicted octanol–water partition coefficient (Wildman–Crippen LogP) is 1.25. The van der Waals surface area contributed by atoms with Gasteiger partial charge < -0.3 is 20.7 Å². The van der Waals surface area contributed by atoms with Gasteiger partial charge in [0.1, 0.15) is 11.9 Å². The molecule has 236 valence electrons. The van der Waals surface area contributed by atoms with E-state index in [2.05, 4.69) is 16.0 Å². The van der Waals surface area contributed by atoms with Crippen LogP contribution in [0.3, 0.4) is 0 Å². The number of amides is 5. The van der Waals surface area contributed by atoms with Gasteiger partial charge in [-0.3, -0.25) is 24.4 Å². The van der Waals surface area contributed by atoms with Crippen LogP contribution in [-0.4, -0.2) is 48.1 Å². The average molecular weight is 641 g/mol. The molecule has 0 saturated carbocycles. The van der Waals surface area contributed by atoms with E-state index >= 15 is 0 Å². The summed E-state index contributed by atoms with van der Waals surface area (Å²) < 4.78 is 4.95. The molecular formula is C31H42ClN4NaO7. The van der Waals surface area contributed by atoms with Crippen molar-refractivity contribution in [2.75, 3.05) is 7.11 Å². The maximum absolute atomic E-state index is 13.6. The van der Waals surface area contributed by atoms with Crippen LogP contribution in [0, 0.1) is 17.8 Å². The van der Waals surface area contributed by atoms with Crippen molar-refractivity contribution in [3.8, 4) is 0 Å². The standard InChI is InChI=1S/C31H42N4O7.ClH.Na/c1-20(2)17-26(25(29(38)35-41)12-8-11-22-9-6-5-7-10-22)28(37)34-27(30(39)42-4)18-23-13-15-24(16-14-23)19-32-31(40)33-21(3)36;;/h5-7,9-10,13-16,20,25-27H,8,11-12,17-19H2,1-4H3,(H5,32,33,34,35,36,37,38,40,41);1H;/q;;+1/p-1. The molecule has 4 N–H and O–H groups in total. The fraction of sp³-hybridized carbons (Fsp3) is 0.452. The van der Waals surface area contributed by atoms with Crippen molar-refractivity contribution in [2.24, 2.45) is 17.8 Å². The van der Waals surface area contributed by atoms with Gasteiger partial charge in [-0.25, -0.2) is 10.3 Å². The molecule has 44 heavy (non-hydrogen) atoms. The molecular weight excluding hydrogens is 599 g/mol. The number of esters is 1. The molecule has 3 unspecified atom stereocenters. The zero-order chi connectivity index (χ0) is 31.1. The molecule has 13 heteroatoms. The number of imide groups is 1. The van der Waals surface area contributed by atoms with Crippen LogP contribution in [0.4, 0.5) is 4.79 Å². The van der Waals surface area contributed by atoms with E-state index in [4.69, 9.17) is 4.74 Å². The Kier molecular flexibility index (Phi) is 20.2. The number of hydroxylamine groups is 1. The van der Waals surface area contributed by atoms with Crippen LogP contribution in [0.15, 0.2) is 54.6 Å². The van der Waals surface area contributed by atoms with E-state index in [1.54, 1.807) is 29.7 Å². The van der Waals surface area contributed by atoms with Crippen LogP contribution in [0.1, 0.15) is 56.7 Å². The summed E-state index contributed by atoms with van der Waals surface area (Å²) in [4.78, 5) is 61.5. The summed E-state index contributed by atoms with van der Waals surface area (Å²) in [7, 11) is 1.23. The fourth-order valence-corrected chi connectivity index (χ4v) is 4.73. The number of methoxy groups -OCH3 is 1. The summed E-state index contributed by atoms with van der Waals surface area (Å²) in [5.74, 6) is -3.86. The number of carbonyl (C=O) groups is 5. The molecule has 0 aromatic heterocycles. The number of hydrogen-bond donors (Lipinski definition) is 4. The second-order valence-corrected chi connectivity index (χ2v) is 10.6. The largest absolute Gasteiger partial charge is 1.00 e. The topological polar surface area (TPSA) is 165 Å². The predicted molar refractivity (Wildman–Crippen MR) is 163 cm³/mol. The number of benzene rings is 2. The van der Waals surface area contributed by atoms with E-state index in [1.165, 1.54) is 14.0 Å². The van der Waals surface area contributed by atoms with Crippen molar-refractivity contribution in [3.05, 3.63) is 76.6 Å². The molecule has 0 radical (unpaired) electrons. The van der Waals surface area contributed by atoms with Crippen LogP contribution in [0.25, 0.3) is 5.32 Å². The molecule has 5 amide bonds. The summed E-state index contributed by atoms with van der Waals surface area (Å²) in [6, 6.07) is 15.0. The first-order valence-electron chi connectivity index (χ1n) is 14.0. The summed E-state index contributed by atoms with van der Waals surface area (Å²) in [6.07, 6.45) is 2.21. The molecule has 11 nitrogen and oxygen atoms in total. The van der Waals surface area contributed by atoms with Crippen molar-refractivity contribution in [2.45, 2.75) is 65.5 Å². The average Bonchev–Trinajstić information content (AvgIpc) is 2.96. The Bertz CT molecular complexity index is 1200. The Hall–Kier alpha value is -2.96. The second-order valence-electron chi connectivity index (χ2n) is 10.6. The minimum absolute atomic E-state index is 0. The van der Waals surface area contributed by atoms with Gasteiger partial charge in [-0.05, 0) is 61.8 Å². The maximum Gasteiger partial charge on any atom is 1.00 e. The zero-order valence-electron chi connectivity index (χ0n) is 26.0. The fourth-order valence-electron chi connectivity index (χ4n) is 4.73. The van der Waals surface area contributed by atoms with Gasteiger partial charge in [-0.15, -0.1) is 12.4 Å². The number of ether oxygens (including phenoxy) is 1. The third-order valence-corrected chi connectivity index (χ3v) is 6.79. The summed E-state index contributed by atoms with van der Waals surface area (Å²) in [5, 5.41) is 18.0. The first kappa shape index (κ1) is 41.0. The SMILES string of the molecule is COC(=O)C(Cc1ccc(CNC(=O)[N-]C(C)=O)cc1)NC(=O)C(CC(C)C)C(CCCc1ccccc1)C(=O)NO.Cl.[Na+]. The molecule has 2 aromatic carbocycles. The number of hydrogen-bond acceptors (Lipinski definition) is 7. The van der Waals surface area contributed by atoms with Crippen molar-refractivity contribution < 1.29 is 63.5 Å². The van der Waals surface area contributed by atoms with E-state index in [0.717, 1.165) is 16.7 Å². The molecule has 0 spiro atoms. The minimum atomic E-state index is -1.01. The quantitative estimate of drug-likeness (QED) is 0.0984. The maximum atomic E-state index is 13.6. The smallest absolute Gasteiger partial charge is 0.467 e. The van der Waals surface area contributed by atoms with Crippen molar-refractivity contribution in [1.82, 2.24) is 16.1 Å². The number of nitrogens with one attached hydrogen (secondary N) is 3. The Balaban J connectivity index is 0.00000924. The molecule has 0 aliphatic rings. The van der Waals surface area contributed by atoms with Gasteiger partial charge in [-0.2, -0.15) is 0 Å². The number of urea groups is 1. The van der Waals surface area contributed by atoms with E-state index in [1.807, 2.05) is 44.2 Å². The van der Waals surface area contributed by atoms with E-state index in [-0.39, 0.29) is 60.8 Å².